The molecule has 1 N–H and O–H groups in total. The Morgan fingerprint density at radius 1 is 1.29 bits per heavy atom. The van der Waals surface area contributed by atoms with Crippen molar-refractivity contribution >= 4 is 5.97 Å². The molecule has 0 saturated carbocycles. The zero-order chi connectivity index (χ0) is 9.80. The highest BCUT2D eigenvalue weighted by Crippen LogP contribution is 2.17. The Labute approximate surface area is 84.0 Å². The van der Waals surface area contributed by atoms with Crippen LogP contribution in [0.15, 0.2) is 0 Å². The third-order valence-electron chi connectivity index (χ3n) is 2.84. The molecule has 0 radical (unpaired) electrons. The van der Waals surface area contributed by atoms with E-state index in [1.807, 2.05) is 0 Å². The molecule has 4 heteroatoms. The summed E-state index contributed by atoms with van der Waals surface area (Å²) in [7, 11) is 0. The first-order chi connectivity index (χ1) is 6.86. The van der Waals surface area contributed by atoms with Gasteiger partial charge in [0.05, 0.1) is 19.1 Å². The molecule has 80 valence electrons. The molecular formula is C10H17NO3. The second-order valence-electron chi connectivity index (χ2n) is 3.95. The van der Waals surface area contributed by atoms with Crippen molar-refractivity contribution in [3.8, 4) is 0 Å². The van der Waals surface area contributed by atoms with Gasteiger partial charge in [-0.15, -0.1) is 0 Å². The van der Waals surface area contributed by atoms with Crippen LogP contribution in [0.3, 0.4) is 0 Å². The van der Waals surface area contributed by atoms with Gasteiger partial charge >= 0.3 is 5.97 Å². The van der Waals surface area contributed by atoms with Gasteiger partial charge in [0.15, 0.2) is 0 Å². The molecule has 2 rings (SSSR count). The summed E-state index contributed by atoms with van der Waals surface area (Å²) < 4.78 is 10.5. The fraction of sp³-hybridized carbons (Fsp3) is 0.900. The maximum Gasteiger partial charge on any atom is 0.309 e. The summed E-state index contributed by atoms with van der Waals surface area (Å²) in [5.74, 6) is 0.0823. The van der Waals surface area contributed by atoms with Crippen molar-refractivity contribution in [3.05, 3.63) is 0 Å². The Morgan fingerprint density at radius 3 is 2.71 bits per heavy atom. The molecule has 1 atom stereocenters. The molecule has 2 saturated heterocycles. The van der Waals surface area contributed by atoms with Crippen LogP contribution in [0.25, 0.3) is 0 Å². The van der Waals surface area contributed by atoms with E-state index in [4.69, 9.17) is 9.47 Å². The minimum atomic E-state index is -0.0259. The molecule has 0 aliphatic carbocycles. The van der Waals surface area contributed by atoms with Gasteiger partial charge < -0.3 is 14.8 Å². The summed E-state index contributed by atoms with van der Waals surface area (Å²) in [6.07, 6.45) is 2.69. The van der Waals surface area contributed by atoms with E-state index in [-0.39, 0.29) is 18.0 Å². The SMILES string of the molecule is O=C(OC1CCOC1)C1CCNCC1. The van der Waals surface area contributed by atoms with E-state index in [0.717, 1.165) is 39.0 Å². The molecule has 0 bridgehead atoms. The summed E-state index contributed by atoms with van der Waals surface area (Å²) in [6, 6.07) is 0. The largest absolute Gasteiger partial charge is 0.460 e. The number of ether oxygens (including phenoxy) is 2. The van der Waals surface area contributed by atoms with Gasteiger partial charge in [0.25, 0.3) is 0 Å². The molecule has 2 heterocycles. The monoisotopic (exact) mass is 199 g/mol. The lowest BCUT2D eigenvalue weighted by molar-refractivity contribution is -0.154. The van der Waals surface area contributed by atoms with Gasteiger partial charge in [0.2, 0.25) is 0 Å². The molecule has 2 aliphatic rings. The summed E-state index contributed by atoms with van der Waals surface area (Å²) >= 11 is 0. The molecule has 4 nitrogen and oxygen atoms in total. The lowest BCUT2D eigenvalue weighted by atomic mass is 9.98. The fourth-order valence-corrected chi connectivity index (χ4v) is 1.92. The lowest BCUT2D eigenvalue weighted by Gasteiger charge is -2.22. The average Bonchev–Trinajstić information content (AvgIpc) is 2.72. The molecule has 14 heavy (non-hydrogen) atoms. The maximum absolute atomic E-state index is 11.6. The fourth-order valence-electron chi connectivity index (χ4n) is 1.92. The predicted octanol–water partition coefficient (Wildman–Crippen LogP) is 0.318. The second-order valence-corrected chi connectivity index (χ2v) is 3.95. The van der Waals surface area contributed by atoms with Crippen LogP contribution in [0.2, 0.25) is 0 Å². The Balaban J connectivity index is 1.75. The lowest BCUT2D eigenvalue weighted by Crippen LogP contribution is -2.34. The van der Waals surface area contributed by atoms with Gasteiger partial charge in [0.1, 0.15) is 6.10 Å². The smallest absolute Gasteiger partial charge is 0.309 e. The van der Waals surface area contributed by atoms with E-state index >= 15 is 0 Å². The van der Waals surface area contributed by atoms with E-state index < -0.39 is 0 Å². The molecule has 0 spiro atoms. The highest BCUT2D eigenvalue weighted by molar-refractivity contribution is 5.72. The highest BCUT2D eigenvalue weighted by atomic mass is 16.6. The number of carbonyl (C=O) groups excluding carboxylic acids is 1. The number of hydrogen-bond acceptors (Lipinski definition) is 4. The van der Waals surface area contributed by atoms with Crippen LogP contribution in [-0.2, 0) is 14.3 Å². The van der Waals surface area contributed by atoms with Gasteiger partial charge in [-0.2, -0.15) is 0 Å². The topological polar surface area (TPSA) is 47.6 Å². The molecule has 1 unspecified atom stereocenters. The molecule has 0 amide bonds. The zero-order valence-corrected chi connectivity index (χ0v) is 8.33. The number of carbonyl (C=O) groups is 1. The minimum Gasteiger partial charge on any atom is -0.460 e. The van der Waals surface area contributed by atoms with Crippen LogP contribution in [0.1, 0.15) is 19.3 Å². The molecule has 2 fully saturated rings. The van der Waals surface area contributed by atoms with Crippen molar-refractivity contribution < 1.29 is 14.3 Å². The first-order valence-corrected chi connectivity index (χ1v) is 5.35. The van der Waals surface area contributed by atoms with Crippen molar-refractivity contribution in [1.82, 2.24) is 5.32 Å². The van der Waals surface area contributed by atoms with Crippen LogP contribution in [0.4, 0.5) is 0 Å². The number of esters is 1. The van der Waals surface area contributed by atoms with Gasteiger partial charge in [-0.1, -0.05) is 0 Å². The number of hydrogen-bond donors (Lipinski definition) is 1. The van der Waals surface area contributed by atoms with Crippen LogP contribution in [0.5, 0.6) is 0 Å². The Hall–Kier alpha value is -0.610. The number of rotatable bonds is 2. The Kier molecular flexibility index (Phi) is 3.37. The summed E-state index contributed by atoms with van der Waals surface area (Å²) in [5, 5.41) is 3.23. The third-order valence-corrected chi connectivity index (χ3v) is 2.84. The van der Waals surface area contributed by atoms with Crippen LogP contribution in [0, 0.1) is 5.92 Å². The summed E-state index contributed by atoms with van der Waals surface area (Å²) in [5.41, 5.74) is 0. The third kappa shape index (κ3) is 2.45. The molecule has 0 aromatic carbocycles. The molecule has 2 aliphatic heterocycles. The molecular weight excluding hydrogens is 182 g/mol. The predicted molar refractivity (Wildman–Crippen MR) is 50.9 cm³/mol. The van der Waals surface area contributed by atoms with E-state index in [0.29, 0.717) is 6.61 Å². The quantitative estimate of drug-likeness (QED) is 0.651. The maximum atomic E-state index is 11.6. The van der Waals surface area contributed by atoms with E-state index in [1.54, 1.807) is 0 Å². The molecule has 0 aromatic heterocycles. The van der Waals surface area contributed by atoms with Crippen molar-refractivity contribution in [2.24, 2.45) is 5.92 Å². The van der Waals surface area contributed by atoms with E-state index in [1.165, 1.54) is 0 Å². The van der Waals surface area contributed by atoms with Crippen molar-refractivity contribution in [2.75, 3.05) is 26.3 Å². The van der Waals surface area contributed by atoms with E-state index in [2.05, 4.69) is 5.32 Å². The second kappa shape index (κ2) is 4.75. The van der Waals surface area contributed by atoms with Crippen LogP contribution < -0.4 is 5.32 Å². The van der Waals surface area contributed by atoms with E-state index in [9.17, 15) is 4.79 Å². The van der Waals surface area contributed by atoms with Crippen molar-refractivity contribution in [2.45, 2.75) is 25.4 Å². The van der Waals surface area contributed by atoms with Crippen molar-refractivity contribution in [1.29, 1.82) is 0 Å². The van der Waals surface area contributed by atoms with Gasteiger partial charge in [0, 0.05) is 6.42 Å². The summed E-state index contributed by atoms with van der Waals surface area (Å²) in [6.45, 7) is 3.17. The van der Waals surface area contributed by atoms with Crippen LogP contribution in [-0.4, -0.2) is 38.4 Å². The average molecular weight is 199 g/mol. The molecule has 0 aromatic rings. The van der Waals surface area contributed by atoms with Crippen molar-refractivity contribution in [3.63, 3.8) is 0 Å². The number of nitrogens with one attached hydrogen (secondary N) is 1. The minimum absolute atomic E-state index is 0.0115. The number of piperidine rings is 1. The standard InChI is InChI=1S/C10H17NO3/c12-10(8-1-4-11-5-2-8)14-9-3-6-13-7-9/h8-9,11H,1-7H2. The first-order valence-electron chi connectivity index (χ1n) is 5.35. The van der Waals surface area contributed by atoms with Gasteiger partial charge in [-0.25, -0.2) is 0 Å². The normalized spacial score (nSPS) is 29.0. The first kappa shape index (κ1) is 9.93. The van der Waals surface area contributed by atoms with Gasteiger partial charge in [-0.05, 0) is 25.9 Å². The Morgan fingerprint density at radius 2 is 2.07 bits per heavy atom. The highest BCUT2D eigenvalue weighted by Gasteiger charge is 2.26. The zero-order valence-electron chi connectivity index (χ0n) is 8.33. The Bertz CT molecular complexity index is 196. The van der Waals surface area contributed by atoms with Gasteiger partial charge in [-0.3, -0.25) is 4.79 Å². The van der Waals surface area contributed by atoms with Crippen LogP contribution >= 0.6 is 0 Å². The summed E-state index contributed by atoms with van der Waals surface area (Å²) in [4.78, 5) is 11.6.